The Morgan fingerprint density at radius 1 is 1.19 bits per heavy atom. The molecule has 1 aromatic heterocycles. The van der Waals surface area contributed by atoms with E-state index in [1.54, 1.807) is 7.11 Å². The lowest BCUT2D eigenvalue weighted by Gasteiger charge is -2.11. The van der Waals surface area contributed by atoms with Gasteiger partial charge >= 0.3 is 0 Å². The van der Waals surface area contributed by atoms with Crippen molar-refractivity contribution in [3.8, 4) is 5.75 Å². The molecule has 2 rings (SSSR count). The highest BCUT2D eigenvalue weighted by molar-refractivity contribution is 5.38. The fourth-order valence-electron chi connectivity index (χ4n) is 2.18. The molecule has 4 nitrogen and oxygen atoms in total. The summed E-state index contributed by atoms with van der Waals surface area (Å²) in [6, 6.07) is 10.1. The standard InChI is InChI=1S/C17H23N3O/c1-12(2)17-19-13(3)11-16(20-17)18-10-9-14-7-5-6-8-15(14)21-4/h5-8,11-12H,9-10H2,1-4H3,(H,18,19,20). The summed E-state index contributed by atoms with van der Waals surface area (Å²) >= 11 is 0. The molecule has 0 fully saturated rings. The number of aromatic nitrogens is 2. The largest absolute Gasteiger partial charge is 0.496 e. The summed E-state index contributed by atoms with van der Waals surface area (Å²) in [6.07, 6.45) is 0.893. The van der Waals surface area contributed by atoms with Crippen LogP contribution in [0.15, 0.2) is 30.3 Å². The fourth-order valence-corrected chi connectivity index (χ4v) is 2.18. The Labute approximate surface area is 126 Å². The molecule has 1 heterocycles. The zero-order valence-electron chi connectivity index (χ0n) is 13.2. The molecular formula is C17H23N3O. The molecule has 0 unspecified atom stereocenters. The first-order valence-corrected chi connectivity index (χ1v) is 7.31. The summed E-state index contributed by atoms with van der Waals surface area (Å²) < 4.78 is 5.36. The molecule has 0 radical (unpaired) electrons. The number of rotatable bonds is 6. The Bertz CT molecular complexity index is 596. The van der Waals surface area contributed by atoms with Crippen molar-refractivity contribution in [1.82, 2.24) is 9.97 Å². The number of anilines is 1. The molecule has 0 aliphatic rings. The van der Waals surface area contributed by atoms with Gasteiger partial charge in [0.25, 0.3) is 0 Å². The van der Waals surface area contributed by atoms with Gasteiger partial charge in [0.15, 0.2) is 0 Å². The first-order valence-electron chi connectivity index (χ1n) is 7.31. The minimum atomic E-state index is 0.333. The SMILES string of the molecule is COc1ccccc1CCNc1cc(C)nc(C(C)C)n1. The van der Waals surface area contributed by atoms with E-state index in [1.165, 1.54) is 5.56 Å². The van der Waals surface area contributed by atoms with Crippen LogP contribution in [0.25, 0.3) is 0 Å². The van der Waals surface area contributed by atoms with Crippen LogP contribution >= 0.6 is 0 Å². The average molecular weight is 285 g/mol. The smallest absolute Gasteiger partial charge is 0.133 e. The normalized spacial score (nSPS) is 10.7. The van der Waals surface area contributed by atoms with E-state index in [4.69, 9.17) is 4.74 Å². The van der Waals surface area contributed by atoms with Gasteiger partial charge in [-0.2, -0.15) is 0 Å². The second-order valence-electron chi connectivity index (χ2n) is 5.40. The van der Waals surface area contributed by atoms with Crippen molar-refractivity contribution in [1.29, 1.82) is 0 Å². The highest BCUT2D eigenvalue weighted by Crippen LogP contribution is 2.18. The molecule has 0 bridgehead atoms. The second kappa shape index (κ2) is 7.07. The number of benzene rings is 1. The number of para-hydroxylation sites is 1. The molecule has 0 saturated heterocycles. The molecule has 1 N–H and O–H groups in total. The van der Waals surface area contributed by atoms with E-state index in [1.807, 2.05) is 31.2 Å². The summed E-state index contributed by atoms with van der Waals surface area (Å²) in [5, 5.41) is 3.37. The maximum absolute atomic E-state index is 5.36. The number of nitrogens with one attached hydrogen (secondary N) is 1. The molecule has 1 aromatic carbocycles. The van der Waals surface area contributed by atoms with Gasteiger partial charge in [-0.15, -0.1) is 0 Å². The molecule has 2 aromatic rings. The van der Waals surface area contributed by atoms with Gasteiger partial charge in [-0.3, -0.25) is 0 Å². The van der Waals surface area contributed by atoms with Crippen molar-refractivity contribution in [2.75, 3.05) is 19.0 Å². The van der Waals surface area contributed by atoms with Crippen molar-refractivity contribution in [3.63, 3.8) is 0 Å². The van der Waals surface area contributed by atoms with Gasteiger partial charge in [-0.1, -0.05) is 32.0 Å². The first kappa shape index (κ1) is 15.3. The Balaban J connectivity index is 2.00. The van der Waals surface area contributed by atoms with E-state index < -0.39 is 0 Å². The molecule has 0 aliphatic carbocycles. The van der Waals surface area contributed by atoms with Crippen LogP contribution in [-0.2, 0) is 6.42 Å². The maximum Gasteiger partial charge on any atom is 0.133 e. The highest BCUT2D eigenvalue weighted by atomic mass is 16.5. The number of ether oxygens (including phenoxy) is 1. The fraction of sp³-hybridized carbons (Fsp3) is 0.412. The van der Waals surface area contributed by atoms with E-state index in [-0.39, 0.29) is 0 Å². The Hall–Kier alpha value is -2.10. The summed E-state index contributed by atoms with van der Waals surface area (Å²) in [7, 11) is 1.70. The molecule has 4 heteroatoms. The third kappa shape index (κ3) is 4.18. The third-order valence-corrected chi connectivity index (χ3v) is 3.28. The lowest BCUT2D eigenvalue weighted by atomic mass is 10.1. The summed E-state index contributed by atoms with van der Waals surface area (Å²) in [6.45, 7) is 7.02. The lowest BCUT2D eigenvalue weighted by molar-refractivity contribution is 0.410. The van der Waals surface area contributed by atoms with E-state index in [0.717, 1.165) is 36.1 Å². The lowest BCUT2D eigenvalue weighted by Crippen LogP contribution is -2.10. The van der Waals surface area contributed by atoms with Crippen molar-refractivity contribution in [2.24, 2.45) is 0 Å². The van der Waals surface area contributed by atoms with Crippen LogP contribution in [0.1, 0.15) is 36.8 Å². The molecule has 0 aliphatic heterocycles. The third-order valence-electron chi connectivity index (χ3n) is 3.28. The summed E-state index contributed by atoms with van der Waals surface area (Å²) in [4.78, 5) is 9.01. The van der Waals surface area contributed by atoms with Gasteiger partial charge < -0.3 is 10.1 Å². The molecular weight excluding hydrogens is 262 g/mol. The topological polar surface area (TPSA) is 47.0 Å². The van der Waals surface area contributed by atoms with E-state index in [9.17, 15) is 0 Å². The van der Waals surface area contributed by atoms with E-state index in [2.05, 4.69) is 35.2 Å². The van der Waals surface area contributed by atoms with Crippen LogP contribution in [0.5, 0.6) is 5.75 Å². The van der Waals surface area contributed by atoms with Gasteiger partial charge in [0.05, 0.1) is 7.11 Å². The predicted molar refractivity (Wildman–Crippen MR) is 86.0 cm³/mol. The van der Waals surface area contributed by atoms with Crippen LogP contribution in [0.2, 0.25) is 0 Å². The summed E-state index contributed by atoms with van der Waals surface area (Å²) in [5.41, 5.74) is 2.19. The molecule has 0 atom stereocenters. The molecule has 112 valence electrons. The number of methoxy groups -OCH3 is 1. The van der Waals surface area contributed by atoms with Crippen LogP contribution < -0.4 is 10.1 Å². The number of nitrogens with zero attached hydrogens (tertiary/aromatic N) is 2. The average Bonchev–Trinajstić information content (AvgIpc) is 2.47. The molecule has 21 heavy (non-hydrogen) atoms. The Kier molecular flexibility index (Phi) is 5.14. The van der Waals surface area contributed by atoms with Crippen LogP contribution in [0.4, 0.5) is 5.82 Å². The number of hydrogen-bond acceptors (Lipinski definition) is 4. The molecule has 0 amide bonds. The Morgan fingerprint density at radius 2 is 1.95 bits per heavy atom. The predicted octanol–water partition coefficient (Wildman–Crippen LogP) is 3.57. The maximum atomic E-state index is 5.36. The minimum Gasteiger partial charge on any atom is -0.496 e. The van der Waals surface area contributed by atoms with Crippen molar-refractivity contribution < 1.29 is 4.74 Å². The van der Waals surface area contributed by atoms with Crippen molar-refractivity contribution >= 4 is 5.82 Å². The number of hydrogen-bond donors (Lipinski definition) is 1. The number of aryl methyl sites for hydroxylation is 1. The van der Waals surface area contributed by atoms with Crippen molar-refractivity contribution in [2.45, 2.75) is 33.1 Å². The van der Waals surface area contributed by atoms with Crippen LogP contribution in [-0.4, -0.2) is 23.6 Å². The zero-order valence-corrected chi connectivity index (χ0v) is 13.2. The zero-order chi connectivity index (χ0) is 15.2. The van der Waals surface area contributed by atoms with Crippen molar-refractivity contribution in [3.05, 3.63) is 47.4 Å². The monoisotopic (exact) mass is 285 g/mol. The molecule has 0 spiro atoms. The van der Waals surface area contributed by atoms with Gasteiger partial charge in [0.2, 0.25) is 0 Å². The molecule has 0 saturated carbocycles. The minimum absolute atomic E-state index is 0.333. The Morgan fingerprint density at radius 3 is 2.67 bits per heavy atom. The summed E-state index contributed by atoms with van der Waals surface area (Å²) in [5.74, 6) is 3.04. The second-order valence-corrected chi connectivity index (χ2v) is 5.40. The van der Waals surface area contributed by atoms with Gasteiger partial charge in [0, 0.05) is 24.2 Å². The van der Waals surface area contributed by atoms with E-state index in [0.29, 0.717) is 5.92 Å². The highest BCUT2D eigenvalue weighted by Gasteiger charge is 2.06. The van der Waals surface area contributed by atoms with Gasteiger partial charge in [-0.05, 0) is 25.0 Å². The quantitative estimate of drug-likeness (QED) is 0.881. The van der Waals surface area contributed by atoms with Crippen LogP contribution in [0.3, 0.4) is 0 Å². The first-order chi connectivity index (χ1) is 10.1. The van der Waals surface area contributed by atoms with Gasteiger partial charge in [-0.25, -0.2) is 9.97 Å². The van der Waals surface area contributed by atoms with Gasteiger partial charge in [0.1, 0.15) is 17.4 Å². The van der Waals surface area contributed by atoms with Crippen LogP contribution in [0, 0.1) is 6.92 Å². The van der Waals surface area contributed by atoms with E-state index >= 15 is 0 Å².